The van der Waals surface area contributed by atoms with Crippen LogP contribution in [-0.4, -0.2) is 14.8 Å². The maximum absolute atomic E-state index is 5.56. The van der Waals surface area contributed by atoms with Crippen molar-refractivity contribution in [2.45, 2.75) is 30.8 Å². The van der Waals surface area contributed by atoms with E-state index in [4.69, 9.17) is 5.73 Å². The molecule has 0 saturated carbocycles. The summed E-state index contributed by atoms with van der Waals surface area (Å²) in [7, 11) is 1.95. The number of nitrogens with zero attached hydrogens (tertiary/aromatic N) is 3. The minimum absolute atomic E-state index is 0.434. The third-order valence-electron chi connectivity index (χ3n) is 2.52. The summed E-state index contributed by atoms with van der Waals surface area (Å²) >= 11 is 3.57. The smallest absolute Gasteiger partial charge is 0.191 e. The molecule has 0 amide bonds. The lowest BCUT2D eigenvalue weighted by Crippen LogP contribution is -2.05. The molecule has 2 N–H and O–H groups in total. The molecule has 2 aromatic heterocycles. The summed E-state index contributed by atoms with van der Waals surface area (Å²) in [6, 6.07) is 4.39. The highest BCUT2D eigenvalue weighted by molar-refractivity contribution is 7.98. The second-order valence-corrected chi connectivity index (χ2v) is 5.87. The fourth-order valence-electron chi connectivity index (χ4n) is 1.47. The van der Waals surface area contributed by atoms with Crippen molar-refractivity contribution in [3.63, 3.8) is 0 Å². The zero-order chi connectivity index (χ0) is 12.3. The van der Waals surface area contributed by atoms with E-state index in [9.17, 15) is 0 Å². The van der Waals surface area contributed by atoms with Gasteiger partial charge < -0.3 is 10.3 Å². The van der Waals surface area contributed by atoms with Crippen molar-refractivity contribution in [3.8, 4) is 0 Å². The van der Waals surface area contributed by atoms with Gasteiger partial charge in [0, 0.05) is 22.6 Å². The van der Waals surface area contributed by atoms with Gasteiger partial charge in [0.15, 0.2) is 5.16 Å². The highest BCUT2D eigenvalue weighted by Crippen LogP contribution is 2.26. The van der Waals surface area contributed by atoms with Crippen LogP contribution < -0.4 is 5.73 Å². The van der Waals surface area contributed by atoms with Gasteiger partial charge in [0.1, 0.15) is 5.82 Å². The number of aryl methyl sites for hydroxylation is 1. The topological polar surface area (TPSA) is 56.7 Å². The predicted molar refractivity (Wildman–Crippen MR) is 72.2 cm³/mol. The van der Waals surface area contributed by atoms with E-state index in [2.05, 4.69) is 29.3 Å². The third kappa shape index (κ3) is 2.88. The van der Waals surface area contributed by atoms with Gasteiger partial charge in [0.2, 0.25) is 0 Å². The van der Waals surface area contributed by atoms with E-state index in [0.29, 0.717) is 6.54 Å². The Kier molecular flexibility index (Phi) is 4.20. The summed E-state index contributed by atoms with van der Waals surface area (Å²) in [5.41, 5.74) is 5.56. The van der Waals surface area contributed by atoms with Gasteiger partial charge >= 0.3 is 0 Å². The number of hydrogen-bond donors (Lipinski definition) is 1. The van der Waals surface area contributed by atoms with E-state index in [1.165, 1.54) is 9.75 Å². The molecule has 0 aliphatic heterocycles. The highest BCUT2D eigenvalue weighted by Gasteiger charge is 2.08. The van der Waals surface area contributed by atoms with Gasteiger partial charge in [-0.05, 0) is 18.6 Å². The molecule has 0 aromatic carbocycles. The molecule has 17 heavy (non-hydrogen) atoms. The maximum atomic E-state index is 5.56. The summed E-state index contributed by atoms with van der Waals surface area (Å²) in [6.45, 7) is 2.61. The Morgan fingerprint density at radius 3 is 2.71 bits per heavy atom. The first-order chi connectivity index (χ1) is 8.24. The van der Waals surface area contributed by atoms with Gasteiger partial charge in [0.05, 0.1) is 6.54 Å². The average Bonchev–Trinajstić information content (AvgIpc) is 2.93. The monoisotopic (exact) mass is 268 g/mol. The highest BCUT2D eigenvalue weighted by atomic mass is 32.2. The van der Waals surface area contributed by atoms with E-state index >= 15 is 0 Å². The average molecular weight is 268 g/mol. The second-order valence-electron chi connectivity index (χ2n) is 3.67. The molecule has 0 aliphatic rings. The Bertz CT molecular complexity index is 489. The van der Waals surface area contributed by atoms with Gasteiger partial charge in [-0.15, -0.1) is 21.5 Å². The minimum Gasteiger partial charge on any atom is -0.324 e. The van der Waals surface area contributed by atoms with Crippen LogP contribution in [0.3, 0.4) is 0 Å². The molecule has 2 rings (SSSR count). The van der Waals surface area contributed by atoms with Gasteiger partial charge in [-0.25, -0.2) is 0 Å². The van der Waals surface area contributed by atoms with Crippen LogP contribution in [0.25, 0.3) is 0 Å². The molecule has 2 aromatic rings. The van der Waals surface area contributed by atoms with Crippen LogP contribution in [0.5, 0.6) is 0 Å². The largest absolute Gasteiger partial charge is 0.324 e. The number of rotatable bonds is 5. The molecular weight excluding hydrogens is 252 g/mol. The Labute approximate surface area is 109 Å². The molecule has 4 nitrogen and oxygen atoms in total. The lowest BCUT2D eigenvalue weighted by atomic mass is 10.4. The molecule has 0 radical (unpaired) electrons. The van der Waals surface area contributed by atoms with Crippen LogP contribution in [0.1, 0.15) is 22.5 Å². The molecule has 0 unspecified atom stereocenters. The first kappa shape index (κ1) is 12.6. The zero-order valence-electron chi connectivity index (χ0n) is 10.0. The molecule has 0 saturated heterocycles. The minimum atomic E-state index is 0.434. The van der Waals surface area contributed by atoms with E-state index in [1.54, 1.807) is 11.8 Å². The summed E-state index contributed by atoms with van der Waals surface area (Å²) in [6.07, 6.45) is 1.11. The summed E-state index contributed by atoms with van der Waals surface area (Å²) in [5, 5.41) is 9.10. The van der Waals surface area contributed by atoms with E-state index in [-0.39, 0.29) is 0 Å². The Balaban J connectivity index is 1.99. The second kappa shape index (κ2) is 5.66. The Morgan fingerprint density at radius 2 is 2.12 bits per heavy atom. The van der Waals surface area contributed by atoms with Crippen molar-refractivity contribution < 1.29 is 0 Å². The standard InChI is InChI=1S/C11H16N4S2/c1-3-8-4-5-9(17-8)7-16-11-14-13-10(6-12)15(11)2/h4-5H,3,6-7,12H2,1-2H3. The van der Waals surface area contributed by atoms with E-state index in [1.807, 2.05) is 23.0 Å². The molecule has 6 heteroatoms. The van der Waals surface area contributed by atoms with Crippen LogP contribution in [0.4, 0.5) is 0 Å². The quantitative estimate of drug-likeness (QED) is 0.845. The summed E-state index contributed by atoms with van der Waals surface area (Å²) < 4.78 is 1.96. The number of thiophene rings is 1. The number of nitrogens with two attached hydrogens (primary N) is 1. The summed E-state index contributed by atoms with van der Waals surface area (Å²) in [5.74, 6) is 1.77. The lowest BCUT2D eigenvalue weighted by molar-refractivity contribution is 0.734. The molecular formula is C11H16N4S2. The summed E-state index contributed by atoms with van der Waals surface area (Å²) in [4.78, 5) is 2.81. The van der Waals surface area contributed by atoms with Crippen molar-refractivity contribution in [3.05, 3.63) is 27.7 Å². The van der Waals surface area contributed by atoms with E-state index in [0.717, 1.165) is 23.2 Å². The van der Waals surface area contributed by atoms with Gasteiger partial charge in [-0.1, -0.05) is 18.7 Å². The first-order valence-corrected chi connectivity index (χ1v) is 7.33. The van der Waals surface area contributed by atoms with Crippen LogP contribution in [0.2, 0.25) is 0 Å². The maximum Gasteiger partial charge on any atom is 0.191 e. The van der Waals surface area contributed by atoms with Crippen molar-refractivity contribution >= 4 is 23.1 Å². The molecule has 2 heterocycles. The molecule has 0 bridgehead atoms. The third-order valence-corrected chi connectivity index (χ3v) is 5.00. The lowest BCUT2D eigenvalue weighted by Gasteiger charge is -2.00. The van der Waals surface area contributed by atoms with Crippen LogP contribution in [-0.2, 0) is 25.8 Å². The SMILES string of the molecule is CCc1ccc(CSc2nnc(CN)n2C)s1. The van der Waals surface area contributed by atoms with Crippen LogP contribution >= 0.6 is 23.1 Å². The number of hydrogen-bond acceptors (Lipinski definition) is 5. The molecule has 0 fully saturated rings. The normalized spacial score (nSPS) is 11.0. The van der Waals surface area contributed by atoms with Crippen LogP contribution in [0.15, 0.2) is 17.3 Å². The van der Waals surface area contributed by atoms with E-state index < -0.39 is 0 Å². The van der Waals surface area contributed by atoms with Gasteiger partial charge in [-0.3, -0.25) is 0 Å². The predicted octanol–water partition coefficient (Wildman–Crippen LogP) is 2.19. The Morgan fingerprint density at radius 1 is 1.35 bits per heavy atom. The van der Waals surface area contributed by atoms with Crippen molar-refractivity contribution in [1.82, 2.24) is 14.8 Å². The molecule has 92 valence electrons. The first-order valence-electron chi connectivity index (χ1n) is 5.53. The molecule has 0 aliphatic carbocycles. The fraction of sp³-hybridized carbons (Fsp3) is 0.455. The van der Waals surface area contributed by atoms with Crippen molar-refractivity contribution in [1.29, 1.82) is 0 Å². The van der Waals surface area contributed by atoms with Crippen LogP contribution in [0, 0.1) is 0 Å². The number of aromatic nitrogens is 3. The zero-order valence-corrected chi connectivity index (χ0v) is 11.6. The van der Waals surface area contributed by atoms with Crippen molar-refractivity contribution in [2.24, 2.45) is 12.8 Å². The number of thioether (sulfide) groups is 1. The molecule has 0 atom stereocenters. The Hall–Kier alpha value is -0.850. The molecule has 0 spiro atoms. The van der Waals surface area contributed by atoms with Crippen molar-refractivity contribution in [2.75, 3.05) is 0 Å². The van der Waals surface area contributed by atoms with Gasteiger partial charge in [-0.2, -0.15) is 0 Å². The fourth-order valence-corrected chi connectivity index (χ4v) is 3.41. The van der Waals surface area contributed by atoms with Gasteiger partial charge in [0.25, 0.3) is 0 Å².